The smallest absolute Gasteiger partial charge is 1.00 e. The van der Waals surface area contributed by atoms with Crippen molar-refractivity contribution in [3.8, 4) is 0 Å². The third kappa shape index (κ3) is 3.35. The first-order valence-corrected chi connectivity index (χ1v) is 8.35. The normalized spacial score (nSPS) is 26.8. The number of thioether (sulfide) groups is 2. The molecule has 0 fully saturated rings. The molecule has 0 N–H and O–H groups in total. The summed E-state index contributed by atoms with van der Waals surface area (Å²) >= 11 is 3.94. The number of rotatable bonds is 2. The van der Waals surface area contributed by atoms with E-state index in [1.165, 1.54) is 19.6 Å². The minimum atomic E-state index is 0. The summed E-state index contributed by atoms with van der Waals surface area (Å²) in [5, 5.41) is 0. The van der Waals surface area contributed by atoms with Crippen LogP contribution < -0.4 is 24.8 Å². The minimum Gasteiger partial charge on any atom is -1.00 e. The van der Waals surface area contributed by atoms with E-state index < -0.39 is 0 Å². The van der Waals surface area contributed by atoms with Crippen molar-refractivity contribution in [2.45, 2.75) is 13.8 Å². The molecule has 5 heteroatoms. The van der Waals surface area contributed by atoms with Gasteiger partial charge in [0, 0.05) is 27.1 Å². The first-order valence-electron chi connectivity index (χ1n) is 6.72. The van der Waals surface area contributed by atoms with Gasteiger partial charge in [0.2, 0.25) is 0 Å². The van der Waals surface area contributed by atoms with E-state index in [9.17, 15) is 0 Å². The van der Waals surface area contributed by atoms with E-state index in [-0.39, 0.29) is 56.4 Å². The maximum absolute atomic E-state index is 2.44. The molecule has 0 spiro atoms. The second kappa shape index (κ2) is 7.66. The first kappa shape index (κ1) is 20.6. The maximum Gasteiger partial charge on any atom is 2.00 e. The molecule has 0 radical (unpaired) electrons. The second-order valence-corrected chi connectivity index (χ2v) is 8.08. The summed E-state index contributed by atoms with van der Waals surface area (Å²) in [4.78, 5) is 6.00. The van der Waals surface area contributed by atoms with E-state index in [1.807, 2.05) is 23.5 Å². The molecule has 2 aliphatic carbocycles. The maximum atomic E-state index is 2.44. The number of fused-ring (bicyclic) bond motifs is 2. The molecule has 0 nitrogen and oxygen atoms in total. The van der Waals surface area contributed by atoms with Crippen molar-refractivity contribution in [3.63, 3.8) is 0 Å². The predicted octanol–water partition coefficient (Wildman–Crippen LogP) is -0.581. The fourth-order valence-corrected chi connectivity index (χ4v) is 5.46. The van der Waals surface area contributed by atoms with Gasteiger partial charge in [-0.15, -0.1) is 0 Å². The topological polar surface area (TPSA) is 0 Å². The van der Waals surface area contributed by atoms with Crippen molar-refractivity contribution in [1.82, 2.24) is 0 Å². The molecule has 4 aliphatic rings. The largest absolute Gasteiger partial charge is 2.00 e. The molecule has 0 aromatic heterocycles. The van der Waals surface area contributed by atoms with Crippen LogP contribution in [0, 0.1) is 17.3 Å². The molecule has 2 unspecified atom stereocenters. The van der Waals surface area contributed by atoms with Crippen molar-refractivity contribution < 1.29 is 51.0 Å². The Morgan fingerprint density at radius 1 is 0.818 bits per heavy atom. The Morgan fingerprint density at radius 3 is 1.59 bits per heavy atom. The number of hydrogen-bond acceptors (Lipinski definition) is 2. The van der Waals surface area contributed by atoms with Crippen LogP contribution >= 0.6 is 23.5 Å². The zero-order valence-corrected chi connectivity index (χ0v) is 17.9. The van der Waals surface area contributed by atoms with Gasteiger partial charge in [0.25, 0.3) is 0 Å². The van der Waals surface area contributed by atoms with E-state index in [0.29, 0.717) is 11.8 Å². The number of allylic oxidation sites excluding steroid dienone is 12. The van der Waals surface area contributed by atoms with Crippen LogP contribution in [-0.2, 0) is 26.2 Å². The van der Waals surface area contributed by atoms with Crippen LogP contribution in [0.15, 0.2) is 68.2 Å². The summed E-state index contributed by atoms with van der Waals surface area (Å²) < 4.78 is 0. The van der Waals surface area contributed by atoms with E-state index in [0.717, 1.165) is 0 Å². The standard InChI is InChI=1S/C17H16S2.2ClH.Zr/c1-17(2,15-9-11-5-3-7-13(11)18-15)16-10-12-6-4-8-14(12)19-16;;;/h3-12H,1-2H3;2*1H;/q;;;+2/p-2. The Morgan fingerprint density at radius 2 is 1.23 bits per heavy atom. The molecule has 0 aromatic rings. The van der Waals surface area contributed by atoms with Gasteiger partial charge in [0.1, 0.15) is 0 Å². The van der Waals surface area contributed by atoms with Crippen LogP contribution in [0.2, 0.25) is 0 Å². The van der Waals surface area contributed by atoms with Crippen molar-refractivity contribution in [2.24, 2.45) is 17.3 Å². The summed E-state index contributed by atoms with van der Waals surface area (Å²) in [6, 6.07) is 0. The Bertz CT molecular complexity index is 585. The number of hydrogen-bond donors (Lipinski definition) is 0. The zero-order chi connectivity index (χ0) is 13.0. The Kier molecular flexibility index (Phi) is 7.19. The van der Waals surface area contributed by atoms with Gasteiger partial charge in [-0.05, 0) is 9.81 Å². The van der Waals surface area contributed by atoms with Crippen molar-refractivity contribution in [2.75, 3.05) is 0 Å². The third-order valence-corrected chi connectivity index (χ3v) is 7.18. The molecule has 4 rings (SSSR count). The molecule has 0 saturated carbocycles. The van der Waals surface area contributed by atoms with Crippen LogP contribution in [0.5, 0.6) is 0 Å². The second-order valence-electron chi connectivity index (χ2n) is 5.85. The minimum absolute atomic E-state index is 0. The van der Waals surface area contributed by atoms with Gasteiger partial charge in [-0.3, -0.25) is 0 Å². The molecular weight excluding hydrogens is 430 g/mol. The van der Waals surface area contributed by atoms with E-state index >= 15 is 0 Å². The monoisotopic (exact) mass is 444 g/mol. The third-order valence-electron chi connectivity index (χ3n) is 4.16. The van der Waals surface area contributed by atoms with Crippen LogP contribution in [0.4, 0.5) is 0 Å². The van der Waals surface area contributed by atoms with E-state index in [1.54, 1.807) is 0 Å². The first-order chi connectivity index (χ1) is 9.14. The molecule has 0 aromatic carbocycles. The molecule has 0 saturated heterocycles. The predicted molar refractivity (Wildman–Crippen MR) is 86.6 cm³/mol. The van der Waals surface area contributed by atoms with Gasteiger partial charge < -0.3 is 24.8 Å². The SMILES string of the molecule is CC(C)(C1=CC2C=CC=C2S1)C1=CC2C=CC=C2S1.[Cl-].[Cl-].[Zr+2]. The van der Waals surface area contributed by atoms with Gasteiger partial charge in [-0.1, -0.05) is 86.0 Å². The van der Waals surface area contributed by atoms with E-state index in [4.69, 9.17) is 0 Å². The molecular formula is C17H16Cl2S2Zr. The van der Waals surface area contributed by atoms with Gasteiger partial charge in [0.15, 0.2) is 0 Å². The number of halogens is 2. The van der Waals surface area contributed by atoms with Crippen LogP contribution in [0.25, 0.3) is 0 Å². The molecule has 2 aliphatic heterocycles. The van der Waals surface area contributed by atoms with Gasteiger partial charge in [-0.25, -0.2) is 0 Å². The molecule has 114 valence electrons. The molecule has 2 heterocycles. The average Bonchev–Trinajstić information content (AvgIpc) is 3.07. The van der Waals surface area contributed by atoms with Crippen molar-refractivity contribution in [1.29, 1.82) is 0 Å². The quantitative estimate of drug-likeness (QED) is 0.557. The fraction of sp³-hybridized carbons (Fsp3) is 0.294. The van der Waals surface area contributed by atoms with Gasteiger partial charge in [-0.2, -0.15) is 0 Å². The van der Waals surface area contributed by atoms with Crippen LogP contribution in [0.1, 0.15) is 13.8 Å². The molecule has 2 atom stereocenters. The Balaban J connectivity index is 0.000000807. The fourth-order valence-electron chi connectivity index (χ4n) is 2.87. The van der Waals surface area contributed by atoms with Crippen molar-refractivity contribution in [3.05, 3.63) is 68.2 Å². The van der Waals surface area contributed by atoms with Gasteiger partial charge in [0.05, 0.1) is 0 Å². The van der Waals surface area contributed by atoms with E-state index in [2.05, 4.69) is 62.5 Å². The summed E-state index contributed by atoms with van der Waals surface area (Å²) in [7, 11) is 0. The van der Waals surface area contributed by atoms with Crippen molar-refractivity contribution >= 4 is 23.5 Å². The summed E-state index contributed by atoms with van der Waals surface area (Å²) in [6.45, 7) is 4.72. The molecule has 0 bridgehead atoms. The Hall–Kier alpha value is 0.603. The summed E-state index contributed by atoms with van der Waals surface area (Å²) in [5.74, 6) is 1.09. The van der Waals surface area contributed by atoms with Crippen LogP contribution in [-0.4, -0.2) is 0 Å². The molecule has 22 heavy (non-hydrogen) atoms. The Labute approximate surface area is 172 Å². The average molecular weight is 447 g/mol. The summed E-state index contributed by atoms with van der Waals surface area (Å²) in [5.41, 5.74) is 0.146. The van der Waals surface area contributed by atoms with Crippen LogP contribution in [0.3, 0.4) is 0 Å². The summed E-state index contributed by atoms with van der Waals surface area (Å²) in [6.07, 6.45) is 18.3. The molecule has 0 amide bonds. The van der Waals surface area contributed by atoms with Gasteiger partial charge >= 0.3 is 26.2 Å². The zero-order valence-electron chi connectivity index (χ0n) is 12.3.